The maximum atomic E-state index is 11.7. The number of aromatic nitrogens is 1. The number of anilines is 1. The molecule has 1 atom stereocenters. The van der Waals surface area contributed by atoms with Crippen molar-refractivity contribution in [3.05, 3.63) is 23.7 Å². The quantitative estimate of drug-likeness (QED) is 0.888. The van der Waals surface area contributed by atoms with Crippen molar-refractivity contribution in [1.29, 1.82) is 0 Å². The van der Waals surface area contributed by atoms with Crippen LogP contribution in [0.3, 0.4) is 0 Å². The number of hydrogen-bond donors (Lipinski definition) is 2. The molecule has 2 aromatic rings. The third kappa shape index (κ3) is 2.44. The summed E-state index contributed by atoms with van der Waals surface area (Å²) in [4.78, 5) is 14.7. The van der Waals surface area contributed by atoms with E-state index in [9.17, 15) is 13.2 Å². The Balaban J connectivity index is 2.30. The van der Waals surface area contributed by atoms with Gasteiger partial charge in [0.1, 0.15) is 0 Å². The maximum Gasteiger partial charge on any atom is 0.323 e. The van der Waals surface area contributed by atoms with Crippen LogP contribution in [-0.2, 0) is 14.8 Å². The van der Waals surface area contributed by atoms with E-state index in [-0.39, 0.29) is 0 Å². The van der Waals surface area contributed by atoms with E-state index in [4.69, 9.17) is 5.11 Å². The molecule has 0 spiro atoms. The molecule has 8 heteroatoms. The van der Waals surface area contributed by atoms with Crippen molar-refractivity contribution in [2.75, 3.05) is 4.72 Å². The topological polar surface area (TPSA) is 96.4 Å². The molecule has 0 saturated heterocycles. The van der Waals surface area contributed by atoms with Gasteiger partial charge in [0.25, 0.3) is 0 Å². The summed E-state index contributed by atoms with van der Waals surface area (Å²) >= 11 is 1.38. The first-order valence-corrected chi connectivity index (χ1v) is 7.40. The summed E-state index contributed by atoms with van der Waals surface area (Å²) in [6.45, 7) is 1.12. The Kier molecular flexibility index (Phi) is 3.22. The predicted octanol–water partition coefficient (Wildman–Crippen LogP) is 1.51. The molecule has 0 bridgehead atoms. The highest BCUT2D eigenvalue weighted by Crippen LogP contribution is 2.23. The zero-order valence-electron chi connectivity index (χ0n) is 9.32. The van der Waals surface area contributed by atoms with Crippen LogP contribution in [0.1, 0.15) is 6.92 Å². The number of thiazole rings is 1. The molecule has 18 heavy (non-hydrogen) atoms. The van der Waals surface area contributed by atoms with E-state index in [2.05, 4.69) is 9.71 Å². The standard InChI is InChI=1S/C10H10N2O4S2/c1-6(10(13)14)18(15,16)12-7-2-3-8-9(4-7)17-5-11-8/h2-6,12H,1H3,(H,13,14). The third-order valence-electron chi connectivity index (χ3n) is 2.40. The van der Waals surface area contributed by atoms with Gasteiger partial charge in [-0.25, -0.2) is 13.4 Å². The second-order valence-corrected chi connectivity index (χ2v) is 6.55. The molecule has 0 amide bonds. The summed E-state index contributed by atoms with van der Waals surface area (Å²) < 4.78 is 26.5. The Morgan fingerprint density at radius 3 is 2.89 bits per heavy atom. The average molecular weight is 286 g/mol. The summed E-state index contributed by atoms with van der Waals surface area (Å²) in [5, 5.41) is 7.20. The fraction of sp³-hybridized carbons (Fsp3) is 0.200. The van der Waals surface area contributed by atoms with Gasteiger partial charge in [-0.3, -0.25) is 9.52 Å². The van der Waals surface area contributed by atoms with Gasteiger partial charge in [0.05, 0.1) is 21.4 Å². The molecule has 0 fully saturated rings. The van der Waals surface area contributed by atoms with E-state index in [1.807, 2.05) is 0 Å². The molecule has 1 aromatic carbocycles. The smallest absolute Gasteiger partial charge is 0.323 e. The monoisotopic (exact) mass is 286 g/mol. The van der Waals surface area contributed by atoms with Crippen LogP contribution in [0.4, 0.5) is 5.69 Å². The van der Waals surface area contributed by atoms with Crippen LogP contribution in [0.25, 0.3) is 10.2 Å². The molecular weight excluding hydrogens is 276 g/mol. The zero-order chi connectivity index (χ0) is 13.3. The summed E-state index contributed by atoms with van der Waals surface area (Å²) in [7, 11) is -3.93. The highest BCUT2D eigenvalue weighted by atomic mass is 32.2. The number of sulfonamides is 1. The summed E-state index contributed by atoms with van der Waals surface area (Å²) in [5.74, 6) is -1.39. The number of carbonyl (C=O) groups is 1. The van der Waals surface area contributed by atoms with Crippen molar-refractivity contribution in [2.45, 2.75) is 12.2 Å². The zero-order valence-corrected chi connectivity index (χ0v) is 11.0. The number of aliphatic carboxylic acids is 1. The first-order chi connectivity index (χ1) is 8.40. The van der Waals surface area contributed by atoms with Crippen molar-refractivity contribution in [3.8, 4) is 0 Å². The number of nitrogens with one attached hydrogen (secondary N) is 1. The Morgan fingerprint density at radius 1 is 1.50 bits per heavy atom. The fourth-order valence-corrected chi connectivity index (χ4v) is 2.92. The lowest BCUT2D eigenvalue weighted by molar-refractivity contribution is -0.136. The van der Waals surface area contributed by atoms with Gasteiger partial charge < -0.3 is 5.11 Å². The number of carboxylic acid groups (broad SMARTS) is 1. The van der Waals surface area contributed by atoms with Gasteiger partial charge in [-0.1, -0.05) is 0 Å². The van der Waals surface area contributed by atoms with E-state index < -0.39 is 21.2 Å². The lowest BCUT2D eigenvalue weighted by Gasteiger charge is -2.10. The Labute approximate surface area is 107 Å². The SMILES string of the molecule is CC(C(=O)O)S(=O)(=O)Nc1ccc2ncsc2c1. The molecule has 1 aromatic heterocycles. The van der Waals surface area contributed by atoms with Crippen LogP contribution in [0.15, 0.2) is 23.7 Å². The fourth-order valence-electron chi connectivity index (χ4n) is 1.30. The minimum Gasteiger partial charge on any atom is -0.480 e. The number of hydrogen-bond acceptors (Lipinski definition) is 5. The second-order valence-electron chi connectivity index (χ2n) is 3.66. The molecule has 0 aliphatic carbocycles. The molecule has 1 unspecified atom stereocenters. The Bertz CT molecular complexity index is 693. The van der Waals surface area contributed by atoms with Crippen LogP contribution in [0.5, 0.6) is 0 Å². The van der Waals surface area contributed by atoms with Crippen molar-refractivity contribution in [1.82, 2.24) is 4.98 Å². The molecule has 96 valence electrons. The van der Waals surface area contributed by atoms with Gasteiger partial charge in [0.2, 0.25) is 10.0 Å². The van der Waals surface area contributed by atoms with E-state index >= 15 is 0 Å². The molecule has 2 rings (SSSR count). The predicted molar refractivity (Wildman–Crippen MR) is 69.3 cm³/mol. The number of nitrogens with zero attached hydrogens (tertiary/aromatic N) is 1. The highest BCUT2D eigenvalue weighted by Gasteiger charge is 2.27. The van der Waals surface area contributed by atoms with E-state index in [1.165, 1.54) is 11.3 Å². The number of benzene rings is 1. The minimum atomic E-state index is -3.93. The molecule has 0 aliphatic heterocycles. The van der Waals surface area contributed by atoms with Gasteiger partial charge in [-0.2, -0.15) is 0 Å². The Hall–Kier alpha value is -1.67. The lowest BCUT2D eigenvalue weighted by atomic mass is 10.3. The first kappa shape index (κ1) is 12.8. The maximum absolute atomic E-state index is 11.7. The molecule has 2 N–H and O–H groups in total. The molecular formula is C10H10N2O4S2. The Morgan fingerprint density at radius 2 is 2.22 bits per heavy atom. The number of fused-ring (bicyclic) bond motifs is 1. The van der Waals surface area contributed by atoms with Crippen molar-refractivity contribution in [3.63, 3.8) is 0 Å². The summed E-state index contributed by atoms with van der Waals surface area (Å²) in [6, 6.07) is 4.85. The summed E-state index contributed by atoms with van der Waals surface area (Å²) in [5.41, 5.74) is 2.76. The number of rotatable bonds is 4. The number of carboxylic acids is 1. The van der Waals surface area contributed by atoms with Gasteiger partial charge in [0.15, 0.2) is 5.25 Å². The average Bonchev–Trinajstić information content (AvgIpc) is 2.74. The van der Waals surface area contributed by atoms with Crippen LogP contribution in [0.2, 0.25) is 0 Å². The second kappa shape index (κ2) is 4.54. The van der Waals surface area contributed by atoms with Gasteiger partial charge >= 0.3 is 5.97 Å². The van der Waals surface area contributed by atoms with Crippen molar-refractivity contribution < 1.29 is 18.3 Å². The van der Waals surface area contributed by atoms with E-state index in [0.717, 1.165) is 17.1 Å². The normalized spacial score (nSPS) is 13.4. The molecule has 0 aliphatic rings. The minimum absolute atomic E-state index is 0.333. The van der Waals surface area contributed by atoms with Gasteiger partial charge in [-0.05, 0) is 25.1 Å². The van der Waals surface area contributed by atoms with Crippen molar-refractivity contribution in [2.24, 2.45) is 0 Å². The highest BCUT2D eigenvalue weighted by molar-refractivity contribution is 7.94. The van der Waals surface area contributed by atoms with Gasteiger partial charge in [-0.15, -0.1) is 11.3 Å². The largest absolute Gasteiger partial charge is 0.480 e. The van der Waals surface area contributed by atoms with Crippen LogP contribution >= 0.6 is 11.3 Å². The molecule has 0 saturated carbocycles. The van der Waals surface area contributed by atoms with Gasteiger partial charge in [0, 0.05) is 0 Å². The van der Waals surface area contributed by atoms with Crippen LogP contribution < -0.4 is 4.72 Å². The van der Waals surface area contributed by atoms with Crippen LogP contribution in [0, 0.1) is 0 Å². The lowest BCUT2D eigenvalue weighted by Crippen LogP contribution is -2.32. The summed E-state index contributed by atoms with van der Waals surface area (Å²) in [6.07, 6.45) is 0. The van der Waals surface area contributed by atoms with Crippen LogP contribution in [-0.4, -0.2) is 29.7 Å². The molecule has 6 nitrogen and oxygen atoms in total. The first-order valence-electron chi connectivity index (χ1n) is 4.98. The molecule has 0 radical (unpaired) electrons. The molecule has 1 heterocycles. The van der Waals surface area contributed by atoms with Crippen molar-refractivity contribution >= 4 is 43.2 Å². The third-order valence-corrected chi connectivity index (χ3v) is 4.85. The van der Waals surface area contributed by atoms with E-state index in [0.29, 0.717) is 5.69 Å². The van der Waals surface area contributed by atoms with E-state index in [1.54, 1.807) is 23.7 Å².